The van der Waals surface area contributed by atoms with Crippen LogP contribution in [0, 0.1) is 0 Å². The number of ether oxygens (including phenoxy) is 2. The van der Waals surface area contributed by atoms with Crippen molar-refractivity contribution in [3.8, 4) is 0 Å². The molecule has 0 fully saturated rings. The van der Waals surface area contributed by atoms with Gasteiger partial charge in [0.2, 0.25) is 5.91 Å². The molecule has 4 amide bonds. The molecule has 12 nitrogen and oxygen atoms in total. The number of fused-ring (bicyclic) bond motifs is 2. The quantitative estimate of drug-likeness (QED) is 0.0600. The topological polar surface area (TPSA) is 159 Å². The minimum Gasteiger partial charge on any atom is -0.462 e. The summed E-state index contributed by atoms with van der Waals surface area (Å²) >= 11 is 2.49. The fourth-order valence-corrected chi connectivity index (χ4v) is 7.90. The number of benzene rings is 3. The summed E-state index contributed by atoms with van der Waals surface area (Å²) in [6, 6.07) is 23.3. The average molecular weight is 780 g/mol. The first kappa shape index (κ1) is 38.9. The standard InChI is InChI=1S/C41H41N5O7S2/c1-5-52-39(50)35-30-18-19-46(40(51)53-41(2,3)4)23-33(30)55-38(35)45-34(47)24-54-28-15-11-14-27(21-28)43-37(49)32(44-36(48)25-12-7-6-8-13-25)20-26-22-42-31-17-10-9-16-29(26)31/h6-17,20-22,42H,5,18-19,23-24H2,1-4H3,(H,43,49)(H,44,48)(H,45,47)/b32-20-. The van der Waals surface area contributed by atoms with Gasteiger partial charge in [-0.3, -0.25) is 14.4 Å². The lowest BCUT2D eigenvalue weighted by molar-refractivity contribution is -0.114. The highest BCUT2D eigenvalue weighted by molar-refractivity contribution is 8.00. The van der Waals surface area contributed by atoms with Crippen molar-refractivity contribution in [3.63, 3.8) is 0 Å². The van der Waals surface area contributed by atoms with Crippen molar-refractivity contribution < 1.29 is 33.4 Å². The van der Waals surface area contributed by atoms with E-state index >= 15 is 0 Å². The largest absolute Gasteiger partial charge is 0.462 e. The molecule has 3 aromatic carbocycles. The molecule has 14 heteroatoms. The average Bonchev–Trinajstić information content (AvgIpc) is 3.74. The Labute approximate surface area is 326 Å². The Balaban J connectivity index is 1.14. The summed E-state index contributed by atoms with van der Waals surface area (Å²) in [5, 5.41) is 9.79. The molecule has 1 aliphatic rings. The van der Waals surface area contributed by atoms with Crippen molar-refractivity contribution in [1.29, 1.82) is 0 Å². The molecular formula is C41H41N5O7S2. The number of carbonyl (C=O) groups excluding carboxylic acids is 5. The number of aromatic amines is 1. The summed E-state index contributed by atoms with van der Waals surface area (Å²) in [6.45, 7) is 7.91. The van der Waals surface area contributed by atoms with E-state index in [0.29, 0.717) is 39.7 Å². The van der Waals surface area contributed by atoms with E-state index in [9.17, 15) is 24.0 Å². The van der Waals surface area contributed by atoms with Gasteiger partial charge in [-0.15, -0.1) is 23.1 Å². The van der Waals surface area contributed by atoms with Gasteiger partial charge < -0.3 is 35.3 Å². The number of hydrogen-bond acceptors (Lipinski definition) is 9. The van der Waals surface area contributed by atoms with E-state index < -0.39 is 29.5 Å². The van der Waals surface area contributed by atoms with Crippen LogP contribution in [0.5, 0.6) is 0 Å². The van der Waals surface area contributed by atoms with Gasteiger partial charge in [0.05, 0.1) is 24.5 Å². The first-order valence-corrected chi connectivity index (χ1v) is 19.5. The molecule has 2 aromatic heterocycles. The first-order chi connectivity index (χ1) is 26.4. The lowest BCUT2D eigenvalue weighted by Gasteiger charge is -2.30. The Morgan fingerprint density at radius 2 is 1.73 bits per heavy atom. The van der Waals surface area contributed by atoms with Gasteiger partial charge in [0, 0.05) is 50.2 Å². The second-order valence-corrected chi connectivity index (χ2v) is 15.7. The smallest absolute Gasteiger partial charge is 0.410 e. The molecule has 0 unspecified atom stereocenters. The van der Waals surface area contributed by atoms with Gasteiger partial charge in [-0.1, -0.05) is 42.5 Å². The van der Waals surface area contributed by atoms with E-state index in [1.54, 1.807) is 93.4 Å². The maximum Gasteiger partial charge on any atom is 0.410 e. The normalized spacial score (nSPS) is 12.8. The van der Waals surface area contributed by atoms with Gasteiger partial charge in [-0.05, 0) is 82.2 Å². The zero-order valence-corrected chi connectivity index (χ0v) is 32.5. The summed E-state index contributed by atoms with van der Waals surface area (Å²) in [7, 11) is 0. The van der Waals surface area contributed by atoms with Crippen LogP contribution in [0.15, 0.2) is 95.7 Å². The number of carbonyl (C=O) groups is 5. The van der Waals surface area contributed by atoms with E-state index in [1.807, 2.05) is 30.3 Å². The SMILES string of the molecule is CCOC(=O)c1c(NC(=O)CSc2cccc(NC(=O)/C(=C/c3c[nH]c4ccccc34)NC(=O)c3ccccc3)c2)sc2c1CCN(C(=O)OC(C)(C)C)C2. The Bertz CT molecular complexity index is 2270. The third-order valence-electron chi connectivity index (χ3n) is 8.35. The van der Waals surface area contributed by atoms with Gasteiger partial charge in [0.15, 0.2) is 0 Å². The van der Waals surface area contributed by atoms with Gasteiger partial charge in [-0.2, -0.15) is 0 Å². The predicted molar refractivity (Wildman–Crippen MR) is 215 cm³/mol. The highest BCUT2D eigenvalue weighted by atomic mass is 32.2. The van der Waals surface area contributed by atoms with Crippen LogP contribution in [0.4, 0.5) is 15.5 Å². The summed E-state index contributed by atoms with van der Waals surface area (Å²) in [4.78, 5) is 72.3. The zero-order chi connectivity index (χ0) is 39.1. The monoisotopic (exact) mass is 779 g/mol. The number of anilines is 2. The number of esters is 1. The van der Waals surface area contributed by atoms with Crippen LogP contribution in [0.1, 0.15) is 64.4 Å². The highest BCUT2D eigenvalue weighted by Gasteiger charge is 2.32. The van der Waals surface area contributed by atoms with Gasteiger partial charge >= 0.3 is 12.1 Å². The minimum atomic E-state index is -0.649. The molecule has 0 spiro atoms. The molecule has 0 saturated carbocycles. The fraction of sp³-hybridized carbons (Fsp3) is 0.244. The van der Waals surface area contributed by atoms with E-state index in [1.165, 1.54) is 23.1 Å². The van der Waals surface area contributed by atoms with Gasteiger partial charge in [0.25, 0.3) is 11.8 Å². The predicted octanol–water partition coefficient (Wildman–Crippen LogP) is 7.84. The van der Waals surface area contributed by atoms with Crippen LogP contribution in [0.25, 0.3) is 17.0 Å². The van der Waals surface area contributed by atoms with Crippen LogP contribution < -0.4 is 16.0 Å². The lowest BCUT2D eigenvalue weighted by Crippen LogP contribution is -2.39. The second kappa shape index (κ2) is 17.1. The summed E-state index contributed by atoms with van der Waals surface area (Å²) in [5.74, 6) is -1.84. The molecule has 4 N–H and O–H groups in total. The summed E-state index contributed by atoms with van der Waals surface area (Å²) in [6.07, 6.45) is 3.37. The molecule has 0 aliphatic carbocycles. The summed E-state index contributed by atoms with van der Waals surface area (Å²) in [5.41, 5.74) is 2.93. The second-order valence-electron chi connectivity index (χ2n) is 13.6. The Hall–Kier alpha value is -5.86. The number of para-hydroxylation sites is 1. The molecule has 55 heavy (non-hydrogen) atoms. The van der Waals surface area contributed by atoms with Crippen LogP contribution in [-0.4, -0.2) is 64.2 Å². The maximum atomic E-state index is 13.7. The van der Waals surface area contributed by atoms with Gasteiger partial charge in [-0.25, -0.2) is 9.59 Å². The first-order valence-electron chi connectivity index (χ1n) is 17.7. The Morgan fingerprint density at radius 1 is 0.964 bits per heavy atom. The number of thioether (sulfide) groups is 1. The van der Waals surface area contributed by atoms with Crippen molar-refractivity contribution in [2.75, 3.05) is 29.5 Å². The lowest BCUT2D eigenvalue weighted by atomic mass is 10.0. The number of nitrogens with zero attached hydrogens (tertiary/aromatic N) is 1. The molecule has 0 atom stereocenters. The number of thiophene rings is 1. The molecule has 284 valence electrons. The van der Waals surface area contributed by atoms with E-state index in [2.05, 4.69) is 20.9 Å². The van der Waals surface area contributed by atoms with E-state index in [-0.39, 0.29) is 30.5 Å². The van der Waals surface area contributed by atoms with Crippen molar-refractivity contribution in [1.82, 2.24) is 15.2 Å². The Morgan fingerprint density at radius 3 is 2.49 bits per heavy atom. The van der Waals surface area contributed by atoms with Crippen molar-refractivity contribution in [2.24, 2.45) is 0 Å². The molecule has 5 aromatic rings. The Kier molecular flexibility index (Phi) is 12.1. The van der Waals surface area contributed by atoms with E-state index in [0.717, 1.165) is 26.9 Å². The number of aromatic nitrogens is 1. The fourth-order valence-electron chi connectivity index (χ4n) is 5.88. The number of rotatable bonds is 11. The molecule has 0 saturated heterocycles. The minimum absolute atomic E-state index is 0.00507. The number of nitrogens with one attached hydrogen (secondary N) is 4. The van der Waals surface area contributed by atoms with E-state index in [4.69, 9.17) is 9.47 Å². The van der Waals surface area contributed by atoms with Gasteiger partial charge in [0.1, 0.15) is 16.3 Å². The molecule has 0 bridgehead atoms. The van der Waals surface area contributed by atoms with Crippen LogP contribution in [-0.2, 0) is 32.0 Å². The van der Waals surface area contributed by atoms with Crippen molar-refractivity contribution in [3.05, 3.63) is 118 Å². The van der Waals surface area contributed by atoms with Crippen LogP contribution in [0.2, 0.25) is 0 Å². The van der Waals surface area contributed by atoms with Crippen molar-refractivity contribution >= 4 is 80.6 Å². The third-order valence-corrected chi connectivity index (χ3v) is 10.5. The van der Waals surface area contributed by atoms with Crippen molar-refractivity contribution in [2.45, 2.75) is 51.2 Å². The molecule has 6 rings (SSSR count). The molecule has 3 heterocycles. The van der Waals surface area contributed by atoms with Crippen LogP contribution in [0.3, 0.4) is 0 Å². The maximum absolute atomic E-state index is 13.7. The highest BCUT2D eigenvalue weighted by Crippen LogP contribution is 2.38. The summed E-state index contributed by atoms with van der Waals surface area (Å²) < 4.78 is 10.9. The number of amides is 4. The number of hydrogen-bond donors (Lipinski definition) is 4. The number of H-pyrrole nitrogens is 1. The third kappa shape index (κ3) is 9.82. The molecule has 0 radical (unpaired) electrons. The molecule has 1 aliphatic heterocycles. The zero-order valence-electron chi connectivity index (χ0n) is 30.8. The van der Waals surface area contributed by atoms with Crippen LogP contribution >= 0.6 is 23.1 Å². The molecular weight excluding hydrogens is 739 g/mol.